The fourth-order valence-electron chi connectivity index (χ4n) is 4.64. The third-order valence-electron chi connectivity index (χ3n) is 6.35. The van der Waals surface area contributed by atoms with Crippen LogP contribution < -0.4 is 20.7 Å². The highest BCUT2D eigenvalue weighted by Crippen LogP contribution is 2.34. The van der Waals surface area contributed by atoms with Crippen molar-refractivity contribution in [3.05, 3.63) is 42.1 Å². The summed E-state index contributed by atoms with van der Waals surface area (Å²) in [6.07, 6.45) is 4.05. The van der Waals surface area contributed by atoms with E-state index in [-0.39, 0.29) is 52.7 Å². The molecule has 37 heavy (non-hydrogen) atoms. The summed E-state index contributed by atoms with van der Waals surface area (Å²) in [5.41, 5.74) is 0.444. The summed E-state index contributed by atoms with van der Waals surface area (Å²) in [6.45, 7) is 5.33. The van der Waals surface area contributed by atoms with Gasteiger partial charge in [-0.2, -0.15) is 0 Å². The van der Waals surface area contributed by atoms with E-state index in [0.29, 0.717) is 24.8 Å². The van der Waals surface area contributed by atoms with Gasteiger partial charge in [0.25, 0.3) is 0 Å². The molecule has 3 N–H and O–H groups in total. The normalized spacial score (nSPS) is 18.1. The molecule has 0 radical (unpaired) electrons. The molecule has 200 valence electrons. The highest BCUT2D eigenvalue weighted by molar-refractivity contribution is 5.92. The first-order valence-electron chi connectivity index (χ1n) is 12.4. The van der Waals surface area contributed by atoms with Gasteiger partial charge in [-0.15, -0.1) is 0 Å². The van der Waals surface area contributed by atoms with Crippen LogP contribution in [0.25, 0.3) is 11.1 Å². The number of benzene rings is 1. The fourth-order valence-corrected chi connectivity index (χ4v) is 4.64. The minimum Gasteiger partial charge on any atom is -0.496 e. The molecule has 1 aliphatic rings. The Hall–Kier alpha value is -3.56. The molecule has 0 aliphatic heterocycles. The van der Waals surface area contributed by atoms with E-state index in [0.717, 1.165) is 25.1 Å². The molecule has 1 aliphatic carbocycles. The number of halogens is 2. The van der Waals surface area contributed by atoms with E-state index in [1.165, 1.54) is 32.2 Å². The second kappa shape index (κ2) is 12.6. The van der Waals surface area contributed by atoms with Crippen molar-refractivity contribution in [3.8, 4) is 16.9 Å². The smallest absolute Gasteiger partial charge is 0.242 e. The minimum absolute atomic E-state index is 0.116. The number of methoxy groups -OCH3 is 1. The molecule has 1 fully saturated rings. The van der Waals surface area contributed by atoms with Crippen molar-refractivity contribution in [2.24, 2.45) is 11.8 Å². The number of pyridine rings is 1. The average Bonchev–Trinajstić information content (AvgIpc) is 2.84. The molecule has 0 unspecified atom stereocenters. The highest BCUT2D eigenvalue weighted by atomic mass is 19.1. The van der Waals surface area contributed by atoms with Crippen molar-refractivity contribution in [2.45, 2.75) is 65.0 Å². The fraction of sp³-hybridized carbons (Fsp3) is 0.481. The third kappa shape index (κ3) is 7.71. The molecule has 1 aromatic carbocycles. The molecule has 2 aromatic rings. The van der Waals surface area contributed by atoms with Crippen LogP contribution in [0.1, 0.15) is 52.9 Å². The lowest BCUT2D eigenvalue weighted by Crippen LogP contribution is -2.51. The predicted molar refractivity (Wildman–Crippen MR) is 136 cm³/mol. The van der Waals surface area contributed by atoms with Gasteiger partial charge >= 0.3 is 0 Å². The van der Waals surface area contributed by atoms with E-state index >= 15 is 0 Å². The summed E-state index contributed by atoms with van der Waals surface area (Å²) in [5.74, 6) is -1.82. The lowest BCUT2D eigenvalue weighted by molar-refractivity contribution is -0.129. The quantitative estimate of drug-likeness (QED) is 0.463. The molecule has 0 spiro atoms. The number of hydrogen-bond donors (Lipinski definition) is 3. The molecule has 3 amide bonds. The van der Waals surface area contributed by atoms with E-state index in [9.17, 15) is 23.2 Å². The Morgan fingerprint density at radius 3 is 2.57 bits per heavy atom. The van der Waals surface area contributed by atoms with Crippen LogP contribution in [-0.2, 0) is 14.4 Å². The predicted octanol–water partition coefficient (Wildman–Crippen LogP) is 4.20. The molecular formula is C27H34F2N4O4. The van der Waals surface area contributed by atoms with Crippen molar-refractivity contribution in [1.29, 1.82) is 0 Å². The van der Waals surface area contributed by atoms with Crippen LogP contribution in [-0.4, -0.2) is 41.9 Å². The molecule has 0 saturated heterocycles. The summed E-state index contributed by atoms with van der Waals surface area (Å²) < 4.78 is 33.3. The summed E-state index contributed by atoms with van der Waals surface area (Å²) in [5, 5.41) is 8.44. The average molecular weight is 517 g/mol. The number of carbonyl (C=O) groups excluding carboxylic acids is 3. The van der Waals surface area contributed by atoms with Gasteiger partial charge in [0.2, 0.25) is 17.7 Å². The van der Waals surface area contributed by atoms with E-state index in [1.54, 1.807) is 0 Å². The van der Waals surface area contributed by atoms with Crippen LogP contribution in [0.4, 0.5) is 14.6 Å². The van der Waals surface area contributed by atoms with Crippen LogP contribution in [0.3, 0.4) is 0 Å². The number of anilines is 1. The first-order valence-corrected chi connectivity index (χ1v) is 12.4. The van der Waals surface area contributed by atoms with Gasteiger partial charge in [-0.05, 0) is 49.8 Å². The van der Waals surface area contributed by atoms with E-state index in [2.05, 4.69) is 20.9 Å². The van der Waals surface area contributed by atoms with Crippen LogP contribution in [0.2, 0.25) is 0 Å². The highest BCUT2D eigenvalue weighted by Gasteiger charge is 2.30. The van der Waals surface area contributed by atoms with Crippen LogP contribution in [0.5, 0.6) is 5.75 Å². The number of nitrogens with one attached hydrogen (secondary N) is 3. The topological polar surface area (TPSA) is 109 Å². The van der Waals surface area contributed by atoms with Gasteiger partial charge in [0.05, 0.1) is 13.3 Å². The van der Waals surface area contributed by atoms with Gasteiger partial charge in [0.1, 0.15) is 29.2 Å². The van der Waals surface area contributed by atoms with Gasteiger partial charge in [-0.1, -0.05) is 20.3 Å². The van der Waals surface area contributed by atoms with Crippen molar-refractivity contribution >= 4 is 23.5 Å². The van der Waals surface area contributed by atoms with Crippen molar-refractivity contribution in [2.75, 3.05) is 12.4 Å². The Morgan fingerprint density at radius 2 is 1.89 bits per heavy atom. The summed E-state index contributed by atoms with van der Waals surface area (Å²) in [4.78, 5) is 41.4. The Balaban J connectivity index is 1.68. The maximum absolute atomic E-state index is 14.6. The van der Waals surface area contributed by atoms with Gasteiger partial charge in [-0.3, -0.25) is 14.4 Å². The second-order valence-electron chi connectivity index (χ2n) is 9.83. The third-order valence-corrected chi connectivity index (χ3v) is 6.35. The monoisotopic (exact) mass is 516 g/mol. The molecule has 8 nitrogen and oxygen atoms in total. The summed E-state index contributed by atoms with van der Waals surface area (Å²) in [7, 11) is 1.36. The van der Waals surface area contributed by atoms with E-state index in [1.807, 2.05) is 13.8 Å². The maximum atomic E-state index is 14.6. The number of hydrogen-bond acceptors (Lipinski definition) is 5. The number of carbonyl (C=O) groups is 3. The second-order valence-corrected chi connectivity index (χ2v) is 9.83. The van der Waals surface area contributed by atoms with Crippen LogP contribution in [0, 0.1) is 23.5 Å². The van der Waals surface area contributed by atoms with Crippen molar-refractivity contribution < 1.29 is 27.9 Å². The Morgan fingerprint density at radius 1 is 1.14 bits per heavy atom. The minimum atomic E-state index is -0.640. The number of ether oxygens (including phenoxy) is 1. The Kier molecular flexibility index (Phi) is 9.54. The maximum Gasteiger partial charge on any atom is 0.242 e. The van der Waals surface area contributed by atoms with E-state index in [4.69, 9.17) is 4.74 Å². The molecule has 10 heteroatoms. The summed E-state index contributed by atoms with van der Waals surface area (Å²) >= 11 is 0. The molecule has 0 bridgehead atoms. The number of rotatable bonds is 9. The molecule has 3 rings (SSSR count). The SMILES string of the molecule is COc1cc(F)ccc1-c1cc(NC(=O)[C@H]2CCC[C@@H](NC(=O)[C@H](CC(C)C)NC(C)=O)C2)ncc1F. The molecule has 1 heterocycles. The number of nitrogens with zero attached hydrogens (tertiary/aromatic N) is 1. The molecule has 1 saturated carbocycles. The molecule has 1 aromatic heterocycles. The van der Waals surface area contributed by atoms with Crippen molar-refractivity contribution in [1.82, 2.24) is 15.6 Å². The lowest BCUT2D eigenvalue weighted by atomic mass is 9.85. The standard InChI is InChI=1S/C27H34F2N4O4/c1-15(2)10-23(31-16(3)34)27(36)32-19-7-5-6-17(11-19)26(35)33-25-13-21(22(29)14-30-25)20-9-8-18(28)12-24(20)37-4/h8-9,12-15,17,19,23H,5-7,10-11H2,1-4H3,(H,31,34)(H,32,36)(H,30,33,35)/t17-,19+,23-/m0/s1. The lowest BCUT2D eigenvalue weighted by Gasteiger charge is -2.30. The Labute approximate surface area is 215 Å². The number of aromatic nitrogens is 1. The van der Waals surface area contributed by atoms with Gasteiger partial charge in [0, 0.05) is 36.1 Å². The van der Waals surface area contributed by atoms with Gasteiger partial charge in [0.15, 0.2) is 0 Å². The van der Waals surface area contributed by atoms with Gasteiger partial charge < -0.3 is 20.7 Å². The van der Waals surface area contributed by atoms with E-state index < -0.39 is 17.7 Å². The zero-order valence-electron chi connectivity index (χ0n) is 21.6. The molecule has 3 atom stereocenters. The molecular weight excluding hydrogens is 482 g/mol. The number of amides is 3. The zero-order valence-corrected chi connectivity index (χ0v) is 21.6. The van der Waals surface area contributed by atoms with Crippen molar-refractivity contribution in [3.63, 3.8) is 0 Å². The van der Waals surface area contributed by atoms with Crippen LogP contribution >= 0.6 is 0 Å². The first-order chi connectivity index (χ1) is 17.6. The van der Waals surface area contributed by atoms with Crippen LogP contribution in [0.15, 0.2) is 30.5 Å². The summed E-state index contributed by atoms with van der Waals surface area (Å²) in [6, 6.07) is 4.30. The largest absolute Gasteiger partial charge is 0.496 e. The van der Waals surface area contributed by atoms with Gasteiger partial charge in [-0.25, -0.2) is 13.8 Å². The Bertz CT molecular complexity index is 1140. The first kappa shape index (κ1) is 28.0. The zero-order chi connectivity index (χ0) is 27.1.